The maximum Gasteiger partial charge on any atom is 0.277 e. The Morgan fingerprint density at radius 3 is 2.56 bits per heavy atom. The van der Waals surface area contributed by atoms with Crippen LogP contribution in [0.2, 0.25) is 0 Å². The molecule has 0 bridgehead atoms. The van der Waals surface area contributed by atoms with Crippen molar-refractivity contribution in [2.75, 3.05) is 13.7 Å². The van der Waals surface area contributed by atoms with E-state index in [9.17, 15) is 4.79 Å². The highest BCUT2D eigenvalue weighted by molar-refractivity contribution is 5.83. The minimum absolute atomic E-state index is 0.0810. The van der Waals surface area contributed by atoms with Crippen LogP contribution < -0.4 is 14.9 Å². The normalized spacial score (nSPS) is 10.9. The molecule has 0 heterocycles. The van der Waals surface area contributed by atoms with Gasteiger partial charge in [0.2, 0.25) is 0 Å². The zero-order chi connectivity index (χ0) is 18.2. The molecule has 0 fully saturated rings. The number of nitrogens with one attached hydrogen (secondary N) is 1. The lowest BCUT2D eigenvalue weighted by molar-refractivity contribution is -0.123. The molecule has 0 aliphatic rings. The van der Waals surface area contributed by atoms with Gasteiger partial charge in [-0.3, -0.25) is 4.79 Å². The molecule has 132 valence electrons. The fourth-order valence-electron chi connectivity index (χ4n) is 2.18. The minimum atomic E-state index is -0.306. The summed E-state index contributed by atoms with van der Waals surface area (Å²) in [6.07, 6.45) is 1.57. The molecule has 25 heavy (non-hydrogen) atoms. The first kappa shape index (κ1) is 18.5. The second-order valence-corrected chi connectivity index (χ2v) is 6.03. The Hall–Kier alpha value is -2.82. The Kier molecular flexibility index (Phi) is 6.57. The van der Waals surface area contributed by atoms with Crippen LogP contribution in [0.3, 0.4) is 0 Å². The van der Waals surface area contributed by atoms with Crippen molar-refractivity contribution < 1.29 is 14.3 Å². The average Bonchev–Trinajstić information content (AvgIpc) is 2.61. The topological polar surface area (TPSA) is 59.9 Å². The van der Waals surface area contributed by atoms with E-state index in [0.717, 1.165) is 22.6 Å². The molecular formula is C20H24N2O3. The molecule has 2 aromatic carbocycles. The van der Waals surface area contributed by atoms with E-state index >= 15 is 0 Å². The number of ether oxygens (including phenoxy) is 2. The molecule has 2 aromatic rings. The highest BCUT2D eigenvalue weighted by Gasteiger charge is 2.07. The highest BCUT2D eigenvalue weighted by atomic mass is 16.5. The van der Waals surface area contributed by atoms with E-state index in [1.807, 2.05) is 43.3 Å². The fraction of sp³-hybridized carbons (Fsp3) is 0.300. The second kappa shape index (κ2) is 8.87. The molecule has 0 aliphatic heterocycles. The molecule has 0 spiro atoms. The zero-order valence-corrected chi connectivity index (χ0v) is 15.1. The number of benzene rings is 2. The van der Waals surface area contributed by atoms with Gasteiger partial charge in [-0.1, -0.05) is 26.0 Å². The molecule has 5 heteroatoms. The van der Waals surface area contributed by atoms with Crippen molar-refractivity contribution in [1.82, 2.24) is 5.43 Å². The van der Waals surface area contributed by atoms with Crippen molar-refractivity contribution in [3.63, 3.8) is 0 Å². The monoisotopic (exact) mass is 340 g/mol. The summed E-state index contributed by atoms with van der Waals surface area (Å²) in [7, 11) is 1.61. The SMILES string of the molecule is COc1ccc(/C=N\NC(=O)COc2cc(C(C)C)ccc2C)cc1. The van der Waals surface area contributed by atoms with Gasteiger partial charge >= 0.3 is 0 Å². The standard InChI is InChI=1S/C20H24N2O3/c1-14(2)17-8-5-15(3)19(11-17)25-13-20(23)22-21-12-16-6-9-18(24-4)10-7-16/h5-12,14H,13H2,1-4H3,(H,22,23)/b21-12-. The lowest BCUT2D eigenvalue weighted by atomic mass is 10.0. The largest absolute Gasteiger partial charge is 0.497 e. The number of methoxy groups -OCH3 is 1. The number of carbonyl (C=O) groups is 1. The lowest BCUT2D eigenvalue weighted by Gasteiger charge is -2.12. The quantitative estimate of drug-likeness (QED) is 0.618. The number of hydrogen-bond acceptors (Lipinski definition) is 4. The van der Waals surface area contributed by atoms with Crippen molar-refractivity contribution in [2.45, 2.75) is 26.7 Å². The Bertz CT molecular complexity index is 737. The Labute approximate surface area is 148 Å². The van der Waals surface area contributed by atoms with Crippen molar-refractivity contribution >= 4 is 12.1 Å². The fourth-order valence-corrected chi connectivity index (χ4v) is 2.18. The van der Waals surface area contributed by atoms with E-state index in [2.05, 4.69) is 30.4 Å². The van der Waals surface area contributed by atoms with E-state index in [0.29, 0.717) is 5.92 Å². The first-order valence-electron chi connectivity index (χ1n) is 8.19. The average molecular weight is 340 g/mol. The molecule has 1 N–H and O–H groups in total. The smallest absolute Gasteiger partial charge is 0.277 e. The molecule has 0 saturated carbocycles. The summed E-state index contributed by atoms with van der Waals surface area (Å²) in [4.78, 5) is 11.9. The maximum absolute atomic E-state index is 11.9. The van der Waals surface area contributed by atoms with Crippen molar-refractivity contribution in [3.8, 4) is 11.5 Å². The third-order valence-electron chi connectivity index (χ3n) is 3.76. The van der Waals surface area contributed by atoms with E-state index in [4.69, 9.17) is 9.47 Å². The van der Waals surface area contributed by atoms with Gasteiger partial charge in [0.05, 0.1) is 13.3 Å². The third kappa shape index (κ3) is 5.64. The maximum atomic E-state index is 11.9. The molecular weight excluding hydrogens is 316 g/mol. The minimum Gasteiger partial charge on any atom is -0.497 e. The molecule has 0 aliphatic carbocycles. The summed E-state index contributed by atoms with van der Waals surface area (Å²) in [5.74, 6) is 1.60. The Morgan fingerprint density at radius 2 is 1.92 bits per heavy atom. The Morgan fingerprint density at radius 1 is 1.20 bits per heavy atom. The van der Waals surface area contributed by atoms with E-state index in [-0.39, 0.29) is 12.5 Å². The van der Waals surface area contributed by atoms with Crippen LogP contribution in [0.5, 0.6) is 11.5 Å². The van der Waals surface area contributed by atoms with Crippen LogP contribution >= 0.6 is 0 Å². The van der Waals surface area contributed by atoms with Gasteiger partial charge in [-0.25, -0.2) is 5.43 Å². The molecule has 0 unspecified atom stereocenters. The summed E-state index contributed by atoms with van der Waals surface area (Å²) < 4.78 is 10.7. The summed E-state index contributed by atoms with van der Waals surface area (Å²) in [6.45, 7) is 6.12. The second-order valence-electron chi connectivity index (χ2n) is 6.03. The number of nitrogens with zero attached hydrogens (tertiary/aromatic N) is 1. The van der Waals surface area contributed by atoms with Gasteiger partial charge in [0.1, 0.15) is 11.5 Å². The molecule has 1 amide bonds. The van der Waals surface area contributed by atoms with Gasteiger partial charge in [-0.15, -0.1) is 0 Å². The molecule has 5 nitrogen and oxygen atoms in total. The van der Waals surface area contributed by atoms with Gasteiger partial charge in [0.15, 0.2) is 6.61 Å². The van der Waals surface area contributed by atoms with Gasteiger partial charge in [0, 0.05) is 0 Å². The molecule has 0 aromatic heterocycles. The predicted molar refractivity (Wildman–Crippen MR) is 99.5 cm³/mol. The van der Waals surface area contributed by atoms with E-state index in [1.54, 1.807) is 13.3 Å². The van der Waals surface area contributed by atoms with E-state index < -0.39 is 0 Å². The summed E-state index contributed by atoms with van der Waals surface area (Å²) in [6, 6.07) is 13.4. The van der Waals surface area contributed by atoms with Gasteiger partial charge in [-0.2, -0.15) is 5.10 Å². The van der Waals surface area contributed by atoms with Crippen LogP contribution in [0.15, 0.2) is 47.6 Å². The van der Waals surface area contributed by atoms with Crippen LogP contribution in [0.1, 0.15) is 36.5 Å². The molecule has 0 saturated heterocycles. The molecule has 0 atom stereocenters. The van der Waals surface area contributed by atoms with Crippen molar-refractivity contribution in [3.05, 3.63) is 59.2 Å². The summed E-state index contributed by atoms with van der Waals surface area (Å²) in [5, 5.41) is 3.93. The van der Waals surface area contributed by atoms with Crippen LogP contribution in [0.25, 0.3) is 0 Å². The number of carbonyl (C=O) groups excluding carboxylic acids is 1. The number of amides is 1. The Balaban J connectivity index is 1.86. The number of hydrazone groups is 1. The van der Waals surface area contributed by atoms with Gasteiger partial charge < -0.3 is 9.47 Å². The first-order chi connectivity index (χ1) is 12.0. The lowest BCUT2D eigenvalue weighted by Crippen LogP contribution is -2.24. The van der Waals surface area contributed by atoms with Crippen LogP contribution in [0.4, 0.5) is 0 Å². The third-order valence-corrected chi connectivity index (χ3v) is 3.76. The van der Waals surface area contributed by atoms with E-state index in [1.165, 1.54) is 5.56 Å². The highest BCUT2D eigenvalue weighted by Crippen LogP contribution is 2.24. The molecule has 0 radical (unpaired) electrons. The summed E-state index contributed by atoms with van der Waals surface area (Å²) in [5.41, 5.74) is 5.50. The number of rotatable bonds is 7. The van der Waals surface area contributed by atoms with Crippen LogP contribution in [-0.2, 0) is 4.79 Å². The van der Waals surface area contributed by atoms with Crippen LogP contribution in [-0.4, -0.2) is 25.8 Å². The van der Waals surface area contributed by atoms with Gasteiger partial charge in [-0.05, 0) is 59.9 Å². The van der Waals surface area contributed by atoms with Crippen molar-refractivity contribution in [1.29, 1.82) is 0 Å². The summed E-state index contributed by atoms with van der Waals surface area (Å²) >= 11 is 0. The number of aryl methyl sites for hydroxylation is 1. The first-order valence-corrected chi connectivity index (χ1v) is 8.19. The molecule has 2 rings (SSSR count). The van der Waals surface area contributed by atoms with Gasteiger partial charge in [0.25, 0.3) is 5.91 Å². The zero-order valence-electron chi connectivity index (χ0n) is 15.1. The number of hydrogen-bond donors (Lipinski definition) is 1. The van der Waals surface area contributed by atoms with Crippen molar-refractivity contribution in [2.24, 2.45) is 5.10 Å². The van der Waals surface area contributed by atoms with Crippen LogP contribution in [0, 0.1) is 6.92 Å². The predicted octanol–water partition coefficient (Wildman–Crippen LogP) is 3.66.